The smallest absolute Gasteiger partial charge is 0.0425 e. The average Bonchev–Trinajstić information content (AvgIpc) is 2.58. The van der Waals surface area contributed by atoms with E-state index < -0.39 is 0 Å². The first-order chi connectivity index (χ1) is 11.1. The fourth-order valence-electron chi connectivity index (χ4n) is 2.87. The van der Waals surface area contributed by atoms with Gasteiger partial charge < -0.3 is 11.1 Å². The molecule has 3 aromatic rings. The largest absolute Gasteiger partial charge is 0.399 e. The molecule has 0 fully saturated rings. The molecular weight excluding hydrogens is 280 g/mol. The molecule has 0 spiro atoms. The van der Waals surface area contributed by atoms with Crippen molar-refractivity contribution in [2.75, 3.05) is 11.1 Å². The van der Waals surface area contributed by atoms with Crippen LogP contribution in [0, 0.1) is 0 Å². The van der Waals surface area contributed by atoms with Crippen molar-refractivity contribution in [1.82, 2.24) is 0 Å². The molecule has 3 N–H and O–H groups in total. The predicted octanol–water partition coefficient (Wildman–Crippen LogP) is 5.34. The van der Waals surface area contributed by atoms with Gasteiger partial charge in [-0.25, -0.2) is 0 Å². The number of benzene rings is 3. The topological polar surface area (TPSA) is 38.0 Å². The highest BCUT2D eigenvalue weighted by molar-refractivity contribution is 5.67. The highest BCUT2D eigenvalue weighted by atomic mass is 14.9. The summed E-state index contributed by atoms with van der Waals surface area (Å²) < 4.78 is 0. The molecule has 3 rings (SSSR count). The molecule has 0 aliphatic rings. The molecule has 0 aliphatic heterocycles. The van der Waals surface area contributed by atoms with Crippen LogP contribution in [0.5, 0.6) is 0 Å². The molecule has 0 saturated carbocycles. The Morgan fingerprint density at radius 3 is 2.04 bits per heavy atom. The second-order valence-electron chi connectivity index (χ2n) is 6.28. The highest BCUT2D eigenvalue weighted by Gasteiger charge is 2.25. The molecule has 0 aromatic heterocycles. The number of rotatable bonds is 4. The van der Waals surface area contributed by atoms with Gasteiger partial charge in [0.15, 0.2) is 0 Å². The fourth-order valence-corrected chi connectivity index (χ4v) is 2.87. The van der Waals surface area contributed by atoms with E-state index in [0.29, 0.717) is 0 Å². The van der Waals surface area contributed by atoms with Gasteiger partial charge in [-0.15, -0.1) is 0 Å². The van der Waals surface area contributed by atoms with Gasteiger partial charge in [-0.3, -0.25) is 0 Å². The lowest BCUT2D eigenvalue weighted by atomic mass is 9.77. The van der Waals surface area contributed by atoms with Gasteiger partial charge >= 0.3 is 0 Å². The summed E-state index contributed by atoms with van der Waals surface area (Å²) in [4.78, 5) is 0. The van der Waals surface area contributed by atoms with Crippen LogP contribution in [-0.2, 0) is 5.41 Å². The Bertz CT molecular complexity index is 774. The molecule has 116 valence electrons. The second kappa shape index (κ2) is 6.17. The first-order valence-corrected chi connectivity index (χ1v) is 7.85. The van der Waals surface area contributed by atoms with Crippen molar-refractivity contribution < 1.29 is 0 Å². The molecule has 0 radical (unpaired) electrons. The Balaban J connectivity index is 1.99. The summed E-state index contributed by atoms with van der Waals surface area (Å²) in [6.07, 6.45) is 0. The quantitative estimate of drug-likeness (QED) is 0.638. The number of nitrogen functional groups attached to an aromatic ring is 1. The molecule has 0 heterocycles. The number of anilines is 3. The molecule has 0 bridgehead atoms. The predicted molar refractivity (Wildman–Crippen MR) is 99.1 cm³/mol. The van der Waals surface area contributed by atoms with Gasteiger partial charge in [0.25, 0.3) is 0 Å². The van der Waals surface area contributed by atoms with Crippen molar-refractivity contribution >= 4 is 17.1 Å². The number of para-hydroxylation sites is 1. The second-order valence-corrected chi connectivity index (χ2v) is 6.28. The molecule has 2 heteroatoms. The van der Waals surface area contributed by atoms with Crippen molar-refractivity contribution in [3.8, 4) is 0 Å². The molecule has 0 amide bonds. The zero-order chi connectivity index (χ0) is 16.3. The maximum Gasteiger partial charge on any atom is 0.0425 e. The third-order valence-electron chi connectivity index (χ3n) is 4.29. The van der Waals surface area contributed by atoms with Crippen LogP contribution in [0.1, 0.15) is 25.0 Å². The van der Waals surface area contributed by atoms with E-state index >= 15 is 0 Å². The lowest BCUT2D eigenvalue weighted by Gasteiger charge is -2.29. The van der Waals surface area contributed by atoms with E-state index in [0.717, 1.165) is 17.1 Å². The minimum atomic E-state index is -0.0847. The van der Waals surface area contributed by atoms with Crippen molar-refractivity contribution in [3.63, 3.8) is 0 Å². The van der Waals surface area contributed by atoms with E-state index in [1.165, 1.54) is 11.1 Å². The zero-order valence-electron chi connectivity index (χ0n) is 13.6. The Kier molecular flexibility index (Phi) is 4.07. The van der Waals surface area contributed by atoms with E-state index in [4.69, 9.17) is 5.73 Å². The van der Waals surface area contributed by atoms with E-state index in [1.54, 1.807) is 0 Å². The normalized spacial score (nSPS) is 11.2. The molecule has 0 aliphatic carbocycles. The van der Waals surface area contributed by atoms with E-state index in [-0.39, 0.29) is 5.41 Å². The van der Waals surface area contributed by atoms with E-state index in [9.17, 15) is 0 Å². The van der Waals surface area contributed by atoms with Crippen molar-refractivity contribution in [2.45, 2.75) is 19.3 Å². The fraction of sp³-hybridized carbons (Fsp3) is 0.143. The summed E-state index contributed by atoms with van der Waals surface area (Å²) in [7, 11) is 0. The van der Waals surface area contributed by atoms with Crippen LogP contribution in [-0.4, -0.2) is 0 Å². The molecule has 2 nitrogen and oxygen atoms in total. The van der Waals surface area contributed by atoms with Gasteiger partial charge in [0.1, 0.15) is 0 Å². The van der Waals surface area contributed by atoms with Gasteiger partial charge in [0.2, 0.25) is 0 Å². The molecular formula is C21H22N2. The Morgan fingerprint density at radius 2 is 1.35 bits per heavy atom. The van der Waals surface area contributed by atoms with Crippen molar-refractivity contribution in [2.24, 2.45) is 0 Å². The van der Waals surface area contributed by atoms with Gasteiger partial charge in [0.05, 0.1) is 0 Å². The summed E-state index contributed by atoms with van der Waals surface area (Å²) in [6.45, 7) is 4.51. The number of nitrogens with two attached hydrogens (primary N) is 1. The zero-order valence-corrected chi connectivity index (χ0v) is 13.6. The van der Waals surface area contributed by atoms with E-state index in [1.807, 2.05) is 24.3 Å². The summed E-state index contributed by atoms with van der Waals surface area (Å²) in [6, 6.07) is 26.9. The Morgan fingerprint density at radius 1 is 0.739 bits per heavy atom. The molecule has 0 atom stereocenters. The SMILES string of the molecule is CC(C)(c1ccccc1)c1ccccc1Nc1ccc(N)cc1. The molecule has 0 saturated heterocycles. The van der Waals surface area contributed by atoms with Crippen LogP contribution in [0.4, 0.5) is 17.1 Å². The number of nitrogens with one attached hydrogen (secondary N) is 1. The maximum absolute atomic E-state index is 5.77. The summed E-state index contributed by atoms with van der Waals surface area (Å²) >= 11 is 0. The monoisotopic (exact) mass is 302 g/mol. The number of hydrogen-bond acceptors (Lipinski definition) is 2. The van der Waals surface area contributed by atoms with Crippen LogP contribution < -0.4 is 11.1 Å². The molecule has 3 aromatic carbocycles. The molecule has 23 heavy (non-hydrogen) atoms. The minimum Gasteiger partial charge on any atom is -0.399 e. The first kappa shape index (κ1) is 15.2. The molecule has 0 unspecified atom stereocenters. The van der Waals surface area contributed by atoms with Crippen LogP contribution in [0.25, 0.3) is 0 Å². The van der Waals surface area contributed by atoms with Crippen molar-refractivity contribution in [1.29, 1.82) is 0 Å². The van der Waals surface area contributed by atoms with Gasteiger partial charge in [0, 0.05) is 22.5 Å². The van der Waals surface area contributed by atoms with Crippen LogP contribution in [0.3, 0.4) is 0 Å². The maximum atomic E-state index is 5.77. The average molecular weight is 302 g/mol. The highest BCUT2D eigenvalue weighted by Crippen LogP contribution is 2.36. The lowest BCUT2D eigenvalue weighted by molar-refractivity contribution is 0.643. The first-order valence-electron chi connectivity index (χ1n) is 7.85. The van der Waals surface area contributed by atoms with Crippen LogP contribution in [0.2, 0.25) is 0 Å². The third kappa shape index (κ3) is 3.21. The lowest BCUT2D eigenvalue weighted by Crippen LogP contribution is -2.20. The standard InChI is InChI=1S/C21H22N2/c1-21(2,16-8-4-3-5-9-16)19-10-6-7-11-20(19)23-18-14-12-17(22)13-15-18/h3-15,23H,22H2,1-2H3. The summed E-state index contributed by atoms with van der Waals surface area (Å²) in [5, 5.41) is 3.52. The van der Waals surface area contributed by atoms with E-state index in [2.05, 4.69) is 73.8 Å². The van der Waals surface area contributed by atoms with Crippen molar-refractivity contribution in [3.05, 3.63) is 90.0 Å². The third-order valence-corrected chi connectivity index (χ3v) is 4.29. The summed E-state index contributed by atoms with van der Waals surface area (Å²) in [5.74, 6) is 0. The van der Waals surface area contributed by atoms with Crippen LogP contribution >= 0.6 is 0 Å². The van der Waals surface area contributed by atoms with Gasteiger partial charge in [-0.05, 0) is 41.5 Å². The van der Waals surface area contributed by atoms with Gasteiger partial charge in [-0.2, -0.15) is 0 Å². The summed E-state index contributed by atoms with van der Waals surface area (Å²) in [5.41, 5.74) is 11.2. The van der Waals surface area contributed by atoms with Gasteiger partial charge in [-0.1, -0.05) is 62.4 Å². The number of hydrogen-bond donors (Lipinski definition) is 2. The Hall–Kier alpha value is -2.74. The van der Waals surface area contributed by atoms with Crippen LogP contribution in [0.15, 0.2) is 78.9 Å². The Labute approximate surface area is 138 Å². The minimum absolute atomic E-state index is 0.0847.